The number of aliphatic hydroxyl groups is 1. The zero-order valence-corrected chi connectivity index (χ0v) is 14.1. The van der Waals surface area contributed by atoms with Gasteiger partial charge in [-0.05, 0) is 24.6 Å². The van der Waals surface area contributed by atoms with Gasteiger partial charge in [-0.15, -0.1) is 0 Å². The van der Waals surface area contributed by atoms with Crippen molar-refractivity contribution in [3.05, 3.63) is 41.5 Å². The van der Waals surface area contributed by atoms with Gasteiger partial charge < -0.3 is 25.6 Å². The number of amides is 1. The van der Waals surface area contributed by atoms with Gasteiger partial charge in [0.1, 0.15) is 11.8 Å². The number of esters is 1. The Balaban J connectivity index is 2.83. The molecule has 0 saturated carbocycles. The largest absolute Gasteiger partial charge is 0.497 e. The van der Waals surface area contributed by atoms with Crippen molar-refractivity contribution in [1.29, 1.82) is 0 Å². The van der Waals surface area contributed by atoms with E-state index in [-0.39, 0.29) is 13.0 Å². The Morgan fingerprint density at radius 1 is 1.29 bits per heavy atom. The second kappa shape index (κ2) is 9.69. The van der Waals surface area contributed by atoms with Crippen molar-refractivity contribution in [1.82, 2.24) is 5.32 Å². The van der Waals surface area contributed by atoms with Crippen LogP contribution >= 0.6 is 0 Å². The summed E-state index contributed by atoms with van der Waals surface area (Å²) in [5, 5.41) is 11.5. The third-order valence-electron chi connectivity index (χ3n) is 3.42. The second-order valence-corrected chi connectivity index (χ2v) is 5.30. The van der Waals surface area contributed by atoms with E-state index in [4.69, 9.17) is 20.3 Å². The lowest BCUT2D eigenvalue weighted by molar-refractivity contribution is -0.144. The number of benzene rings is 1. The van der Waals surface area contributed by atoms with Crippen LogP contribution in [0.4, 0.5) is 0 Å². The molecule has 2 atom stereocenters. The molecule has 24 heavy (non-hydrogen) atoms. The minimum absolute atomic E-state index is 0.267. The van der Waals surface area contributed by atoms with Gasteiger partial charge in [-0.25, -0.2) is 4.79 Å². The van der Waals surface area contributed by atoms with Crippen LogP contribution < -0.4 is 15.8 Å². The summed E-state index contributed by atoms with van der Waals surface area (Å²) in [6, 6.07) is 5.71. The van der Waals surface area contributed by atoms with Gasteiger partial charge in [0.25, 0.3) is 0 Å². The Kier molecular flexibility index (Phi) is 7.94. The molecule has 0 saturated heterocycles. The van der Waals surface area contributed by atoms with Crippen LogP contribution in [-0.2, 0) is 20.7 Å². The highest BCUT2D eigenvalue weighted by molar-refractivity contribution is 5.95. The number of methoxy groups -OCH3 is 2. The van der Waals surface area contributed by atoms with Crippen LogP contribution in [0.25, 0.3) is 0 Å². The van der Waals surface area contributed by atoms with Crippen molar-refractivity contribution < 1.29 is 24.2 Å². The first-order chi connectivity index (χ1) is 11.4. The molecule has 4 N–H and O–H groups in total. The fourth-order valence-electron chi connectivity index (χ4n) is 2.05. The summed E-state index contributed by atoms with van der Waals surface area (Å²) in [4.78, 5) is 24.1. The maximum Gasteiger partial charge on any atom is 0.328 e. The van der Waals surface area contributed by atoms with Gasteiger partial charge >= 0.3 is 5.97 Å². The van der Waals surface area contributed by atoms with Crippen LogP contribution in [0.1, 0.15) is 12.5 Å². The van der Waals surface area contributed by atoms with Crippen molar-refractivity contribution in [3.63, 3.8) is 0 Å². The molecular weight excluding hydrogens is 312 g/mol. The predicted octanol–water partition coefficient (Wildman–Crippen LogP) is 0.161. The molecule has 1 amide bonds. The molecule has 0 aliphatic heterocycles. The molecule has 0 radical (unpaired) electrons. The maximum atomic E-state index is 12.2. The van der Waals surface area contributed by atoms with Crippen LogP contribution in [-0.4, -0.2) is 49.9 Å². The summed E-state index contributed by atoms with van der Waals surface area (Å²) in [7, 11) is 2.83. The first-order valence-electron chi connectivity index (χ1n) is 7.47. The molecule has 1 rings (SSSR count). The Hall–Kier alpha value is -2.38. The van der Waals surface area contributed by atoms with Crippen molar-refractivity contribution in [3.8, 4) is 5.75 Å². The monoisotopic (exact) mass is 336 g/mol. The number of hydrogen-bond acceptors (Lipinski definition) is 6. The molecule has 0 fully saturated rings. The number of carbonyl (C=O) groups excluding carboxylic acids is 2. The van der Waals surface area contributed by atoms with Crippen LogP contribution in [0.15, 0.2) is 35.9 Å². The van der Waals surface area contributed by atoms with Crippen LogP contribution in [0.5, 0.6) is 5.75 Å². The van der Waals surface area contributed by atoms with Gasteiger partial charge in [0.2, 0.25) is 5.91 Å². The van der Waals surface area contributed by atoms with Crippen LogP contribution in [0.3, 0.4) is 0 Å². The van der Waals surface area contributed by atoms with E-state index in [0.29, 0.717) is 11.3 Å². The van der Waals surface area contributed by atoms with E-state index in [1.165, 1.54) is 13.2 Å². The molecule has 0 spiro atoms. The highest BCUT2D eigenvalue weighted by Gasteiger charge is 2.22. The van der Waals surface area contributed by atoms with E-state index in [0.717, 1.165) is 5.56 Å². The molecule has 1 aromatic rings. The summed E-state index contributed by atoms with van der Waals surface area (Å²) in [6.07, 6.45) is 1.72. The molecule has 7 nitrogen and oxygen atoms in total. The lowest BCUT2D eigenvalue weighted by atomic mass is 10.0. The summed E-state index contributed by atoms with van der Waals surface area (Å²) in [5.41, 5.74) is 6.74. The molecule has 7 heteroatoms. The van der Waals surface area contributed by atoms with Gasteiger partial charge in [0, 0.05) is 18.0 Å². The van der Waals surface area contributed by atoms with Crippen molar-refractivity contribution in [2.24, 2.45) is 5.73 Å². The van der Waals surface area contributed by atoms with Gasteiger partial charge in [0.15, 0.2) is 0 Å². The molecule has 1 aromatic carbocycles. The second-order valence-electron chi connectivity index (χ2n) is 5.30. The quantitative estimate of drug-likeness (QED) is 0.461. The highest BCUT2D eigenvalue weighted by Crippen LogP contribution is 2.13. The molecule has 132 valence electrons. The zero-order valence-electron chi connectivity index (χ0n) is 14.1. The van der Waals surface area contributed by atoms with Gasteiger partial charge in [-0.1, -0.05) is 18.2 Å². The standard InChI is InChI=1S/C17H24N2O5/c1-11(8-13(18)10-20)16(21)19-15(17(22)24-3)9-12-4-6-14(23-2)7-5-12/h4-8,13,15,20H,9-10,18H2,1-3H3,(H,19,21)/b11-8-/t13-,15-/m0/s1. The molecule has 0 unspecified atom stereocenters. The van der Waals surface area contributed by atoms with E-state index in [1.807, 2.05) is 12.1 Å². The Bertz CT molecular complexity index is 583. The molecule has 0 aliphatic rings. The topological polar surface area (TPSA) is 111 Å². The van der Waals surface area contributed by atoms with Crippen LogP contribution in [0.2, 0.25) is 0 Å². The fourth-order valence-corrected chi connectivity index (χ4v) is 2.05. The third-order valence-corrected chi connectivity index (χ3v) is 3.42. The minimum atomic E-state index is -0.829. The number of aliphatic hydroxyl groups excluding tert-OH is 1. The van der Waals surface area contributed by atoms with Gasteiger partial charge in [-0.2, -0.15) is 0 Å². The van der Waals surface area contributed by atoms with Crippen molar-refractivity contribution in [2.75, 3.05) is 20.8 Å². The number of hydrogen-bond donors (Lipinski definition) is 3. The third kappa shape index (κ3) is 6.02. The van der Waals surface area contributed by atoms with Crippen molar-refractivity contribution in [2.45, 2.75) is 25.4 Å². The Labute approximate surface area is 141 Å². The number of nitrogens with one attached hydrogen (secondary N) is 1. The van der Waals surface area contributed by atoms with Crippen LogP contribution in [0, 0.1) is 0 Å². The molecule has 0 aliphatic carbocycles. The lowest BCUT2D eigenvalue weighted by Gasteiger charge is -2.17. The summed E-state index contributed by atoms with van der Waals surface area (Å²) < 4.78 is 9.84. The average Bonchev–Trinajstić information content (AvgIpc) is 2.60. The smallest absolute Gasteiger partial charge is 0.328 e. The first kappa shape index (κ1) is 19.7. The number of nitrogens with two attached hydrogens (primary N) is 1. The Morgan fingerprint density at radius 2 is 1.92 bits per heavy atom. The van der Waals surface area contributed by atoms with E-state index in [2.05, 4.69) is 5.32 Å². The molecular formula is C17H24N2O5. The summed E-state index contributed by atoms with van der Waals surface area (Å²) >= 11 is 0. The van der Waals surface area contributed by atoms with E-state index >= 15 is 0 Å². The average molecular weight is 336 g/mol. The minimum Gasteiger partial charge on any atom is -0.497 e. The highest BCUT2D eigenvalue weighted by atomic mass is 16.5. The SMILES string of the molecule is COC(=O)[C@H](Cc1ccc(OC)cc1)NC(=O)/C(C)=C\[C@H](N)CO. The van der Waals surface area contributed by atoms with Gasteiger partial charge in [-0.3, -0.25) is 4.79 Å². The van der Waals surface area contributed by atoms with E-state index < -0.39 is 24.0 Å². The van der Waals surface area contributed by atoms with Gasteiger partial charge in [0.05, 0.1) is 20.8 Å². The normalized spacial score (nSPS) is 13.8. The number of rotatable bonds is 8. The summed E-state index contributed by atoms with van der Waals surface area (Å²) in [5.74, 6) is -0.282. The number of carbonyl (C=O) groups is 2. The first-order valence-corrected chi connectivity index (χ1v) is 7.47. The Morgan fingerprint density at radius 3 is 2.42 bits per heavy atom. The zero-order chi connectivity index (χ0) is 18.1. The lowest BCUT2D eigenvalue weighted by Crippen LogP contribution is -2.43. The maximum absolute atomic E-state index is 12.2. The molecule has 0 heterocycles. The van der Waals surface area contributed by atoms with Crippen molar-refractivity contribution >= 4 is 11.9 Å². The molecule has 0 bridgehead atoms. The number of ether oxygens (including phenoxy) is 2. The predicted molar refractivity (Wildman–Crippen MR) is 89.5 cm³/mol. The molecule has 0 aromatic heterocycles. The summed E-state index contributed by atoms with van der Waals surface area (Å²) in [6.45, 7) is 1.30. The fraction of sp³-hybridized carbons (Fsp3) is 0.412. The van der Waals surface area contributed by atoms with E-state index in [9.17, 15) is 9.59 Å². The van der Waals surface area contributed by atoms with E-state index in [1.54, 1.807) is 26.2 Å².